The number of carbonyl (C=O) groups is 1. The highest BCUT2D eigenvalue weighted by Gasteiger charge is 2.14. The number of hydrogen-bond acceptors (Lipinski definition) is 3. The SMILES string of the molecule is Cc1cccc(Cn2cnc(NC(=O)c3ccc4c(c3)CCOC4)c2)c1. The van der Waals surface area contributed by atoms with Crippen molar-refractivity contribution < 1.29 is 9.53 Å². The summed E-state index contributed by atoms with van der Waals surface area (Å²) in [5.41, 5.74) is 5.44. The summed E-state index contributed by atoms with van der Waals surface area (Å²) in [6, 6.07) is 14.1. The van der Waals surface area contributed by atoms with Crippen molar-refractivity contribution in [3.63, 3.8) is 0 Å². The normalized spacial score (nSPS) is 13.3. The molecule has 132 valence electrons. The number of hydrogen-bond donors (Lipinski definition) is 1. The van der Waals surface area contributed by atoms with Gasteiger partial charge in [-0.2, -0.15) is 0 Å². The molecule has 1 aromatic heterocycles. The Kier molecular flexibility index (Phi) is 4.54. The van der Waals surface area contributed by atoms with Crippen molar-refractivity contribution in [1.29, 1.82) is 0 Å². The number of nitrogens with zero attached hydrogens (tertiary/aromatic N) is 2. The van der Waals surface area contributed by atoms with E-state index >= 15 is 0 Å². The molecular formula is C21H21N3O2. The van der Waals surface area contributed by atoms with Crippen LogP contribution in [0.15, 0.2) is 55.0 Å². The van der Waals surface area contributed by atoms with Crippen LogP contribution in [0, 0.1) is 6.92 Å². The van der Waals surface area contributed by atoms with Crippen LogP contribution in [-0.4, -0.2) is 22.1 Å². The van der Waals surface area contributed by atoms with Crippen LogP contribution >= 0.6 is 0 Å². The summed E-state index contributed by atoms with van der Waals surface area (Å²) in [5.74, 6) is 0.420. The van der Waals surface area contributed by atoms with Crippen LogP contribution in [-0.2, 0) is 24.3 Å². The number of anilines is 1. The highest BCUT2D eigenvalue weighted by atomic mass is 16.5. The van der Waals surface area contributed by atoms with E-state index in [9.17, 15) is 4.79 Å². The first-order valence-electron chi connectivity index (χ1n) is 8.75. The average Bonchev–Trinajstić information content (AvgIpc) is 3.08. The third-order valence-electron chi connectivity index (χ3n) is 4.56. The molecule has 1 amide bonds. The zero-order chi connectivity index (χ0) is 17.9. The molecular weight excluding hydrogens is 326 g/mol. The first-order valence-corrected chi connectivity index (χ1v) is 8.75. The average molecular weight is 347 g/mol. The molecule has 0 aliphatic carbocycles. The monoisotopic (exact) mass is 347 g/mol. The Morgan fingerprint density at radius 2 is 2.15 bits per heavy atom. The predicted molar refractivity (Wildman–Crippen MR) is 100 cm³/mol. The van der Waals surface area contributed by atoms with Gasteiger partial charge in [-0.15, -0.1) is 0 Å². The number of fused-ring (bicyclic) bond motifs is 1. The lowest BCUT2D eigenvalue weighted by Gasteiger charge is -2.16. The molecule has 0 spiro atoms. The number of carbonyl (C=O) groups excluding carboxylic acids is 1. The molecule has 1 N–H and O–H groups in total. The fourth-order valence-corrected chi connectivity index (χ4v) is 3.23. The van der Waals surface area contributed by atoms with E-state index in [0.29, 0.717) is 24.6 Å². The number of aromatic nitrogens is 2. The Morgan fingerprint density at radius 1 is 1.23 bits per heavy atom. The van der Waals surface area contributed by atoms with Crippen LogP contribution in [0.25, 0.3) is 0 Å². The minimum absolute atomic E-state index is 0.139. The van der Waals surface area contributed by atoms with Gasteiger partial charge >= 0.3 is 0 Å². The summed E-state index contributed by atoms with van der Waals surface area (Å²) in [6.07, 6.45) is 4.44. The fourth-order valence-electron chi connectivity index (χ4n) is 3.23. The third-order valence-corrected chi connectivity index (χ3v) is 4.56. The van der Waals surface area contributed by atoms with Crippen LogP contribution in [0.5, 0.6) is 0 Å². The third kappa shape index (κ3) is 3.68. The maximum atomic E-state index is 12.5. The molecule has 2 aromatic carbocycles. The molecule has 0 saturated carbocycles. The molecule has 3 aromatic rings. The summed E-state index contributed by atoms with van der Waals surface area (Å²) in [6.45, 7) is 4.14. The number of nitrogens with one attached hydrogen (secondary N) is 1. The standard InChI is InChI=1S/C21H21N3O2/c1-15-3-2-4-16(9-15)11-24-12-20(22-14-24)23-21(25)18-5-6-19-13-26-8-7-17(19)10-18/h2-6,9-10,12,14H,7-8,11,13H2,1H3,(H,23,25). The van der Waals surface area contributed by atoms with Crippen molar-refractivity contribution in [3.05, 3.63) is 82.8 Å². The lowest BCUT2D eigenvalue weighted by Crippen LogP contribution is -2.15. The fraction of sp³-hybridized carbons (Fsp3) is 0.238. The number of aryl methyl sites for hydroxylation is 1. The van der Waals surface area contributed by atoms with Crippen molar-refractivity contribution in [2.75, 3.05) is 11.9 Å². The molecule has 0 unspecified atom stereocenters. The summed E-state index contributed by atoms with van der Waals surface area (Å²) in [5, 5.41) is 2.88. The van der Waals surface area contributed by atoms with E-state index in [0.717, 1.165) is 18.5 Å². The number of rotatable bonds is 4. The van der Waals surface area contributed by atoms with Gasteiger partial charge in [0.05, 0.1) is 19.5 Å². The molecule has 26 heavy (non-hydrogen) atoms. The second-order valence-corrected chi connectivity index (χ2v) is 6.66. The first kappa shape index (κ1) is 16.5. The second-order valence-electron chi connectivity index (χ2n) is 6.66. The second kappa shape index (κ2) is 7.14. The van der Waals surface area contributed by atoms with E-state index in [-0.39, 0.29) is 5.91 Å². The van der Waals surface area contributed by atoms with E-state index in [4.69, 9.17) is 4.74 Å². The summed E-state index contributed by atoms with van der Waals surface area (Å²) < 4.78 is 7.40. The molecule has 0 atom stereocenters. The number of ether oxygens (including phenoxy) is 1. The summed E-state index contributed by atoms with van der Waals surface area (Å²) >= 11 is 0. The van der Waals surface area contributed by atoms with Crippen LogP contribution in [0.2, 0.25) is 0 Å². The van der Waals surface area contributed by atoms with E-state index in [2.05, 4.69) is 35.4 Å². The molecule has 0 radical (unpaired) electrons. The maximum Gasteiger partial charge on any atom is 0.256 e. The molecule has 0 saturated heterocycles. The van der Waals surface area contributed by atoms with Gasteiger partial charge < -0.3 is 14.6 Å². The maximum absolute atomic E-state index is 12.5. The van der Waals surface area contributed by atoms with E-state index in [1.807, 2.05) is 35.0 Å². The van der Waals surface area contributed by atoms with E-state index in [1.54, 1.807) is 6.33 Å². The van der Waals surface area contributed by atoms with Gasteiger partial charge in [0.1, 0.15) is 0 Å². The first-order chi connectivity index (χ1) is 12.7. The molecule has 1 aliphatic rings. The minimum atomic E-state index is -0.139. The lowest BCUT2D eigenvalue weighted by atomic mass is 10.00. The quantitative estimate of drug-likeness (QED) is 0.785. The van der Waals surface area contributed by atoms with Crippen molar-refractivity contribution in [2.24, 2.45) is 0 Å². The Morgan fingerprint density at radius 3 is 3.04 bits per heavy atom. The van der Waals surface area contributed by atoms with E-state index < -0.39 is 0 Å². The Balaban J connectivity index is 1.44. The summed E-state index contributed by atoms with van der Waals surface area (Å²) in [4.78, 5) is 16.8. The largest absolute Gasteiger partial charge is 0.376 e. The van der Waals surface area contributed by atoms with Gasteiger partial charge in [-0.1, -0.05) is 35.9 Å². The molecule has 1 aliphatic heterocycles. The van der Waals surface area contributed by atoms with Crippen LogP contribution in [0.4, 0.5) is 5.82 Å². The van der Waals surface area contributed by atoms with Crippen molar-refractivity contribution >= 4 is 11.7 Å². The van der Waals surface area contributed by atoms with Crippen molar-refractivity contribution in [1.82, 2.24) is 9.55 Å². The van der Waals surface area contributed by atoms with Crippen molar-refractivity contribution in [2.45, 2.75) is 26.5 Å². The van der Waals surface area contributed by atoms with Crippen LogP contribution in [0.1, 0.15) is 32.6 Å². The molecule has 2 heterocycles. The molecule has 5 heteroatoms. The molecule has 5 nitrogen and oxygen atoms in total. The van der Waals surface area contributed by atoms with Gasteiger partial charge in [0.15, 0.2) is 5.82 Å². The number of amides is 1. The van der Waals surface area contributed by atoms with Crippen LogP contribution in [0.3, 0.4) is 0 Å². The van der Waals surface area contributed by atoms with Gasteiger partial charge in [0.25, 0.3) is 5.91 Å². The lowest BCUT2D eigenvalue weighted by molar-refractivity contribution is 0.102. The summed E-state index contributed by atoms with van der Waals surface area (Å²) in [7, 11) is 0. The topological polar surface area (TPSA) is 56.2 Å². The highest BCUT2D eigenvalue weighted by Crippen LogP contribution is 2.19. The van der Waals surface area contributed by atoms with Crippen molar-refractivity contribution in [3.8, 4) is 0 Å². The number of benzene rings is 2. The smallest absolute Gasteiger partial charge is 0.256 e. The molecule has 4 rings (SSSR count). The predicted octanol–water partition coefficient (Wildman–Crippen LogP) is 3.56. The van der Waals surface area contributed by atoms with Gasteiger partial charge in [0, 0.05) is 18.3 Å². The Labute approximate surface area is 152 Å². The Hall–Kier alpha value is -2.92. The van der Waals surface area contributed by atoms with Gasteiger partial charge in [0.2, 0.25) is 0 Å². The number of imidazole rings is 1. The van der Waals surface area contributed by atoms with Crippen LogP contribution < -0.4 is 5.32 Å². The zero-order valence-corrected chi connectivity index (χ0v) is 14.7. The van der Waals surface area contributed by atoms with Gasteiger partial charge in [-0.05, 0) is 42.2 Å². The minimum Gasteiger partial charge on any atom is -0.376 e. The Bertz CT molecular complexity index is 946. The van der Waals surface area contributed by atoms with E-state index in [1.165, 1.54) is 16.7 Å². The molecule has 0 fully saturated rings. The van der Waals surface area contributed by atoms with Gasteiger partial charge in [-0.25, -0.2) is 4.98 Å². The highest BCUT2D eigenvalue weighted by molar-refractivity contribution is 6.03. The zero-order valence-electron chi connectivity index (χ0n) is 14.7. The molecule has 0 bridgehead atoms. The van der Waals surface area contributed by atoms with Gasteiger partial charge in [-0.3, -0.25) is 4.79 Å².